The molecule has 0 saturated carbocycles. The van der Waals surface area contributed by atoms with Gasteiger partial charge in [-0.25, -0.2) is 0 Å². The van der Waals surface area contributed by atoms with Crippen LogP contribution in [0.3, 0.4) is 0 Å². The first-order chi connectivity index (χ1) is 14.2. The molecule has 0 radical (unpaired) electrons. The number of aliphatic hydroxyl groups is 2. The molecule has 2 aromatic rings. The van der Waals surface area contributed by atoms with Gasteiger partial charge in [-0.05, 0) is 11.1 Å². The van der Waals surface area contributed by atoms with Crippen molar-refractivity contribution in [3.63, 3.8) is 0 Å². The van der Waals surface area contributed by atoms with E-state index < -0.39 is 30.7 Å². The van der Waals surface area contributed by atoms with Crippen LogP contribution in [0, 0.1) is 0 Å². The molecule has 156 valence electrons. The first-order valence-electron chi connectivity index (χ1n) is 9.71. The van der Waals surface area contributed by atoms with Crippen LogP contribution in [0.2, 0.25) is 0 Å². The maximum absolute atomic E-state index is 10.5. The van der Waals surface area contributed by atoms with Crippen molar-refractivity contribution in [2.45, 2.75) is 43.9 Å². The van der Waals surface area contributed by atoms with Gasteiger partial charge in [0.25, 0.3) is 0 Å². The van der Waals surface area contributed by atoms with Crippen molar-refractivity contribution in [2.75, 3.05) is 13.2 Å². The second kappa shape index (κ2) is 11.2. The minimum absolute atomic E-state index is 0.256. The Balaban J connectivity index is 1.74. The Labute approximate surface area is 171 Å². The molecule has 0 aromatic heterocycles. The van der Waals surface area contributed by atoms with Crippen molar-refractivity contribution in [1.29, 1.82) is 0 Å². The summed E-state index contributed by atoms with van der Waals surface area (Å²) in [5.74, 6) is 0. The summed E-state index contributed by atoms with van der Waals surface area (Å²) in [4.78, 5) is 0. The van der Waals surface area contributed by atoms with Crippen LogP contribution in [0.15, 0.2) is 73.3 Å². The fraction of sp³-hybridized carbons (Fsp3) is 0.391. The Morgan fingerprint density at radius 1 is 0.828 bits per heavy atom. The summed E-state index contributed by atoms with van der Waals surface area (Å²) in [5, 5.41) is 20.3. The Morgan fingerprint density at radius 2 is 1.38 bits per heavy atom. The minimum Gasteiger partial charge on any atom is -0.394 e. The maximum atomic E-state index is 10.5. The van der Waals surface area contributed by atoms with Gasteiger partial charge in [0.2, 0.25) is 0 Å². The van der Waals surface area contributed by atoms with Crippen LogP contribution >= 0.6 is 0 Å². The summed E-state index contributed by atoms with van der Waals surface area (Å²) in [6, 6.07) is 19.4. The molecule has 2 aromatic carbocycles. The van der Waals surface area contributed by atoms with E-state index in [2.05, 4.69) is 6.58 Å². The van der Waals surface area contributed by atoms with Gasteiger partial charge in [-0.2, -0.15) is 0 Å². The Kier molecular flexibility index (Phi) is 8.37. The summed E-state index contributed by atoms with van der Waals surface area (Å²) in [7, 11) is 0. The predicted molar refractivity (Wildman–Crippen MR) is 108 cm³/mol. The van der Waals surface area contributed by atoms with E-state index in [-0.39, 0.29) is 19.8 Å². The van der Waals surface area contributed by atoms with Crippen LogP contribution in [0.1, 0.15) is 11.1 Å². The standard InChI is InChI=1S/C23H28O6/c1-2-13-26-21-20(27-15-17-9-5-3-6-10-17)19(14-24)29-23(25)22(21)28-16-18-11-7-4-8-12-18/h2-12,19-25H,1,13-16H2/t19-,20-,21+,22+,23-/m1/s1. The molecule has 0 aliphatic carbocycles. The largest absolute Gasteiger partial charge is 0.394 e. The molecular weight excluding hydrogens is 372 g/mol. The maximum Gasteiger partial charge on any atom is 0.184 e. The van der Waals surface area contributed by atoms with Crippen molar-refractivity contribution in [3.05, 3.63) is 84.4 Å². The number of hydrogen-bond acceptors (Lipinski definition) is 6. The lowest BCUT2D eigenvalue weighted by molar-refractivity contribution is -0.312. The van der Waals surface area contributed by atoms with Gasteiger partial charge in [-0.15, -0.1) is 6.58 Å². The van der Waals surface area contributed by atoms with Gasteiger partial charge in [0.05, 0.1) is 26.4 Å². The van der Waals surface area contributed by atoms with E-state index in [4.69, 9.17) is 18.9 Å². The van der Waals surface area contributed by atoms with Crippen LogP contribution in [0.4, 0.5) is 0 Å². The molecule has 0 unspecified atom stereocenters. The van der Waals surface area contributed by atoms with Crippen LogP contribution in [0.5, 0.6) is 0 Å². The molecule has 1 aliphatic rings. The van der Waals surface area contributed by atoms with E-state index in [1.54, 1.807) is 6.08 Å². The van der Waals surface area contributed by atoms with E-state index in [1.165, 1.54) is 0 Å². The van der Waals surface area contributed by atoms with Gasteiger partial charge in [0.15, 0.2) is 6.29 Å². The average Bonchev–Trinajstić information content (AvgIpc) is 2.77. The lowest BCUT2D eigenvalue weighted by atomic mass is 9.98. The fourth-order valence-corrected chi connectivity index (χ4v) is 3.32. The van der Waals surface area contributed by atoms with Crippen molar-refractivity contribution in [1.82, 2.24) is 0 Å². The van der Waals surface area contributed by atoms with Crippen LogP contribution in [0.25, 0.3) is 0 Å². The van der Waals surface area contributed by atoms with Gasteiger partial charge in [-0.1, -0.05) is 66.7 Å². The molecule has 1 heterocycles. The molecule has 6 nitrogen and oxygen atoms in total. The summed E-state index contributed by atoms with van der Waals surface area (Å²) < 4.78 is 23.6. The monoisotopic (exact) mass is 400 g/mol. The first kappa shape index (κ1) is 21.6. The summed E-state index contributed by atoms with van der Waals surface area (Å²) >= 11 is 0. The second-order valence-corrected chi connectivity index (χ2v) is 6.86. The highest BCUT2D eigenvalue weighted by atomic mass is 16.7. The normalized spacial score (nSPS) is 26.9. The van der Waals surface area contributed by atoms with E-state index >= 15 is 0 Å². The van der Waals surface area contributed by atoms with Crippen LogP contribution in [-0.4, -0.2) is 54.1 Å². The summed E-state index contributed by atoms with van der Waals surface area (Å²) in [5.41, 5.74) is 1.95. The Bertz CT molecular complexity index is 723. The van der Waals surface area contributed by atoms with Gasteiger partial charge >= 0.3 is 0 Å². The van der Waals surface area contributed by atoms with Crippen LogP contribution in [-0.2, 0) is 32.2 Å². The van der Waals surface area contributed by atoms with E-state index in [0.717, 1.165) is 11.1 Å². The van der Waals surface area contributed by atoms with Gasteiger partial charge in [0, 0.05) is 0 Å². The average molecular weight is 400 g/mol. The number of benzene rings is 2. The van der Waals surface area contributed by atoms with E-state index in [1.807, 2.05) is 60.7 Å². The third kappa shape index (κ3) is 5.96. The molecule has 2 N–H and O–H groups in total. The Morgan fingerprint density at radius 3 is 1.90 bits per heavy atom. The predicted octanol–water partition coefficient (Wildman–Crippen LogP) is 2.44. The molecule has 5 atom stereocenters. The lowest BCUT2D eigenvalue weighted by Gasteiger charge is -2.44. The smallest absolute Gasteiger partial charge is 0.184 e. The number of rotatable bonds is 10. The topological polar surface area (TPSA) is 77.4 Å². The van der Waals surface area contributed by atoms with Crippen molar-refractivity contribution in [2.24, 2.45) is 0 Å². The molecular formula is C23H28O6. The molecule has 0 bridgehead atoms. The van der Waals surface area contributed by atoms with Crippen LogP contribution < -0.4 is 0 Å². The number of aliphatic hydroxyl groups excluding tert-OH is 2. The first-order valence-corrected chi connectivity index (χ1v) is 9.71. The van der Waals surface area contributed by atoms with Gasteiger partial charge in [0.1, 0.15) is 24.4 Å². The molecule has 1 fully saturated rings. The van der Waals surface area contributed by atoms with Gasteiger partial charge in [-0.3, -0.25) is 0 Å². The second-order valence-electron chi connectivity index (χ2n) is 6.86. The minimum atomic E-state index is -1.25. The van der Waals surface area contributed by atoms with Gasteiger partial charge < -0.3 is 29.2 Å². The number of hydrogen-bond donors (Lipinski definition) is 2. The molecule has 0 amide bonds. The summed E-state index contributed by atoms with van der Waals surface area (Å²) in [6.45, 7) is 4.24. The molecule has 1 saturated heterocycles. The fourth-order valence-electron chi connectivity index (χ4n) is 3.32. The van der Waals surface area contributed by atoms with Crippen molar-refractivity contribution in [3.8, 4) is 0 Å². The third-order valence-corrected chi connectivity index (χ3v) is 4.77. The van der Waals surface area contributed by atoms with E-state index in [0.29, 0.717) is 6.61 Å². The molecule has 6 heteroatoms. The lowest BCUT2D eigenvalue weighted by Crippen LogP contribution is -2.61. The highest BCUT2D eigenvalue weighted by Gasteiger charge is 2.47. The quantitative estimate of drug-likeness (QED) is 0.597. The SMILES string of the molecule is C=CCO[C@@H]1[C@H](OCc2ccccc2)[C@H](O)O[C@H](CO)[C@H]1OCc1ccccc1. The number of ether oxygens (including phenoxy) is 4. The molecule has 1 aliphatic heterocycles. The summed E-state index contributed by atoms with van der Waals surface area (Å²) in [6.07, 6.45) is -2.40. The zero-order chi connectivity index (χ0) is 20.5. The molecule has 0 spiro atoms. The molecule has 3 rings (SSSR count). The van der Waals surface area contributed by atoms with Crippen molar-refractivity contribution < 1.29 is 29.2 Å². The zero-order valence-electron chi connectivity index (χ0n) is 16.3. The molecule has 29 heavy (non-hydrogen) atoms. The Hall–Kier alpha value is -2.06. The van der Waals surface area contributed by atoms with Crippen molar-refractivity contribution >= 4 is 0 Å². The highest BCUT2D eigenvalue weighted by molar-refractivity contribution is 5.14. The highest BCUT2D eigenvalue weighted by Crippen LogP contribution is 2.28. The zero-order valence-corrected chi connectivity index (χ0v) is 16.3. The van der Waals surface area contributed by atoms with E-state index in [9.17, 15) is 10.2 Å². The third-order valence-electron chi connectivity index (χ3n) is 4.77.